The van der Waals surface area contributed by atoms with Crippen molar-refractivity contribution in [2.24, 2.45) is 0 Å². The number of rotatable bonds is 4. The van der Waals surface area contributed by atoms with Crippen LogP contribution in [0, 0.1) is 0 Å². The van der Waals surface area contributed by atoms with E-state index in [-0.39, 0.29) is 12.6 Å². The lowest BCUT2D eigenvalue weighted by Crippen LogP contribution is -2.35. The fraction of sp³-hybridized carbons (Fsp3) is 0.750. The summed E-state index contributed by atoms with van der Waals surface area (Å²) in [5, 5.41) is 12.4. The maximum atomic E-state index is 12.5. The molecule has 0 spiro atoms. The van der Waals surface area contributed by atoms with Crippen LogP contribution in [0.1, 0.15) is 31.0 Å². The molecule has 1 aromatic rings. The maximum absolute atomic E-state index is 12.5. The van der Waals surface area contributed by atoms with Crippen molar-refractivity contribution in [2.75, 3.05) is 26.2 Å². The smallest absolute Gasteiger partial charge is 0.396 e. The molecule has 108 valence electrons. The van der Waals surface area contributed by atoms with Gasteiger partial charge in [-0.2, -0.15) is 18.3 Å². The second-order valence-corrected chi connectivity index (χ2v) is 4.83. The lowest BCUT2D eigenvalue weighted by atomic mass is 10.1. The van der Waals surface area contributed by atoms with E-state index in [1.165, 1.54) is 10.9 Å². The van der Waals surface area contributed by atoms with Gasteiger partial charge in [-0.05, 0) is 25.3 Å². The first-order valence-electron chi connectivity index (χ1n) is 6.46. The molecule has 0 aromatic carbocycles. The summed E-state index contributed by atoms with van der Waals surface area (Å²) in [5.41, 5.74) is -0.824. The zero-order chi connectivity index (χ0) is 13.9. The molecule has 0 atom stereocenters. The van der Waals surface area contributed by atoms with E-state index >= 15 is 0 Å². The van der Waals surface area contributed by atoms with E-state index in [2.05, 4.69) is 10.00 Å². The Morgan fingerprint density at radius 3 is 2.53 bits per heavy atom. The van der Waals surface area contributed by atoms with Gasteiger partial charge in [0.05, 0.1) is 6.04 Å². The molecule has 19 heavy (non-hydrogen) atoms. The van der Waals surface area contributed by atoms with E-state index in [1.54, 1.807) is 0 Å². The molecule has 0 amide bonds. The summed E-state index contributed by atoms with van der Waals surface area (Å²) in [7, 11) is 0. The topological polar surface area (TPSA) is 41.3 Å². The molecule has 0 saturated carbocycles. The Hall–Kier alpha value is -1.08. The van der Waals surface area contributed by atoms with Crippen LogP contribution in [0.2, 0.25) is 0 Å². The minimum Gasteiger partial charge on any atom is -0.396 e. The predicted molar refractivity (Wildman–Crippen MR) is 63.6 cm³/mol. The molecular weight excluding hydrogens is 259 g/mol. The Bertz CT molecular complexity index is 397. The van der Waals surface area contributed by atoms with Crippen LogP contribution in [0.4, 0.5) is 13.2 Å². The van der Waals surface area contributed by atoms with Crippen molar-refractivity contribution < 1.29 is 18.3 Å². The predicted octanol–water partition coefficient (Wildman–Crippen LogP) is 1.92. The molecule has 0 aliphatic carbocycles. The van der Waals surface area contributed by atoms with E-state index in [9.17, 15) is 13.2 Å². The average Bonchev–Trinajstić information content (AvgIpc) is 2.86. The summed E-state index contributed by atoms with van der Waals surface area (Å²) in [6.07, 6.45) is -0.622. The van der Waals surface area contributed by atoms with Crippen molar-refractivity contribution in [3.63, 3.8) is 0 Å². The fourth-order valence-corrected chi connectivity index (χ4v) is 2.39. The number of halogens is 3. The molecule has 0 radical (unpaired) electrons. The molecule has 1 saturated heterocycles. The maximum Gasteiger partial charge on any atom is 0.435 e. The molecule has 0 bridgehead atoms. The number of hydrogen-bond donors (Lipinski definition) is 1. The van der Waals surface area contributed by atoms with Crippen LogP contribution >= 0.6 is 0 Å². The van der Waals surface area contributed by atoms with Crippen molar-refractivity contribution in [1.29, 1.82) is 0 Å². The van der Waals surface area contributed by atoms with Crippen LogP contribution in [-0.2, 0) is 6.18 Å². The number of aliphatic hydroxyl groups excluding tert-OH is 1. The minimum atomic E-state index is -4.37. The highest BCUT2D eigenvalue weighted by Gasteiger charge is 2.34. The Labute approximate surface area is 109 Å². The average molecular weight is 277 g/mol. The number of hydrogen-bond acceptors (Lipinski definition) is 3. The normalized spacial score (nSPS) is 18.9. The van der Waals surface area contributed by atoms with Gasteiger partial charge in [0, 0.05) is 32.4 Å². The highest BCUT2D eigenvalue weighted by Crippen LogP contribution is 2.29. The van der Waals surface area contributed by atoms with Gasteiger partial charge in [0.25, 0.3) is 0 Å². The molecule has 2 rings (SSSR count). The molecule has 1 aliphatic heterocycles. The standard InChI is InChI=1S/C12H18F3N3O/c13-12(14,15)11-4-8-18(16-11)10-2-6-17(7-3-10)5-1-9-19/h4,8,10,19H,1-3,5-7,9H2. The Balaban J connectivity index is 1.89. The third-order valence-electron chi connectivity index (χ3n) is 3.46. The second-order valence-electron chi connectivity index (χ2n) is 4.83. The van der Waals surface area contributed by atoms with E-state index < -0.39 is 11.9 Å². The summed E-state index contributed by atoms with van der Waals surface area (Å²) < 4.78 is 38.8. The first kappa shape index (κ1) is 14.3. The third-order valence-corrected chi connectivity index (χ3v) is 3.46. The Morgan fingerprint density at radius 2 is 2.00 bits per heavy atom. The molecular formula is C12H18F3N3O. The summed E-state index contributed by atoms with van der Waals surface area (Å²) in [4.78, 5) is 2.22. The SMILES string of the molecule is OCCCN1CCC(n2ccc(C(F)(F)F)n2)CC1. The van der Waals surface area contributed by atoms with Crippen molar-refractivity contribution in [3.05, 3.63) is 18.0 Å². The monoisotopic (exact) mass is 277 g/mol. The van der Waals surface area contributed by atoms with Crippen LogP contribution in [0.15, 0.2) is 12.3 Å². The summed E-state index contributed by atoms with van der Waals surface area (Å²) in [6.45, 7) is 2.70. The van der Waals surface area contributed by atoms with Gasteiger partial charge < -0.3 is 10.0 Å². The highest BCUT2D eigenvalue weighted by molar-refractivity contribution is 5.04. The lowest BCUT2D eigenvalue weighted by molar-refractivity contribution is -0.141. The van der Waals surface area contributed by atoms with E-state index in [0.29, 0.717) is 0 Å². The number of alkyl halides is 3. The summed E-state index contributed by atoms with van der Waals surface area (Å²) in [6, 6.07) is 1.07. The van der Waals surface area contributed by atoms with Crippen LogP contribution in [-0.4, -0.2) is 46.0 Å². The second kappa shape index (κ2) is 5.92. The van der Waals surface area contributed by atoms with Gasteiger partial charge >= 0.3 is 6.18 Å². The summed E-state index contributed by atoms with van der Waals surface area (Å²) in [5.74, 6) is 0. The van der Waals surface area contributed by atoms with Crippen molar-refractivity contribution >= 4 is 0 Å². The molecule has 0 unspecified atom stereocenters. The lowest BCUT2D eigenvalue weighted by Gasteiger charge is -2.31. The number of likely N-dealkylation sites (tertiary alicyclic amines) is 1. The number of piperidine rings is 1. The molecule has 1 fully saturated rings. The van der Waals surface area contributed by atoms with Gasteiger partial charge in [0.15, 0.2) is 5.69 Å². The number of nitrogens with zero attached hydrogens (tertiary/aromatic N) is 3. The van der Waals surface area contributed by atoms with Crippen molar-refractivity contribution in [1.82, 2.24) is 14.7 Å². The largest absolute Gasteiger partial charge is 0.435 e. The van der Waals surface area contributed by atoms with Gasteiger partial charge in [-0.1, -0.05) is 0 Å². The van der Waals surface area contributed by atoms with Crippen LogP contribution < -0.4 is 0 Å². The molecule has 7 heteroatoms. The molecule has 4 nitrogen and oxygen atoms in total. The van der Waals surface area contributed by atoms with Gasteiger partial charge in [0.1, 0.15) is 0 Å². The van der Waals surface area contributed by atoms with Crippen molar-refractivity contribution in [2.45, 2.75) is 31.5 Å². The zero-order valence-corrected chi connectivity index (χ0v) is 10.6. The van der Waals surface area contributed by atoms with Gasteiger partial charge in [-0.25, -0.2) is 0 Å². The zero-order valence-electron chi connectivity index (χ0n) is 10.6. The van der Waals surface area contributed by atoms with Crippen LogP contribution in [0.5, 0.6) is 0 Å². The number of aliphatic hydroxyl groups is 1. The summed E-state index contributed by atoms with van der Waals surface area (Å²) >= 11 is 0. The first-order valence-corrected chi connectivity index (χ1v) is 6.46. The Morgan fingerprint density at radius 1 is 1.32 bits per heavy atom. The van der Waals surface area contributed by atoms with Gasteiger partial charge in [0.2, 0.25) is 0 Å². The van der Waals surface area contributed by atoms with E-state index in [1.807, 2.05) is 0 Å². The fourth-order valence-electron chi connectivity index (χ4n) is 2.39. The first-order chi connectivity index (χ1) is 9.00. The van der Waals surface area contributed by atoms with Crippen LogP contribution in [0.25, 0.3) is 0 Å². The van der Waals surface area contributed by atoms with Crippen molar-refractivity contribution in [3.8, 4) is 0 Å². The van der Waals surface area contributed by atoms with E-state index in [4.69, 9.17) is 5.11 Å². The van der Waals surface area contributed by atoms with Crippen LogP contribution in [0.3, 0.4) is 0 Å². The third kappa shape index (κ3) is 3.70. The van der Waals surface area contributed by atoms with Gasteiger partial charge in [-0.3, -0.25) is 4.68 Å². The Kier molecular flexibility index (Phi) is 4.46. The number of aromatic nitrogens is 2. The highest BCUT2D eigenvalue weighted by atomic mass is 19.4. The van der Waals surface area contributed by atoms with E-state index in [0.717, 1.165) is 45.0 Å². The van der Waals surface area contributed by atoms with Gasteiger partial charge in [-0.15, -0.1) is 0 Å². The molecule has 1 N–H and O–H groups in total. The minimum absolute atomic E-state index is 0.0430. The molecule has 1 aliphatic rings. The quantitative estimate of drug-likeness (QED) is 0.914. The molecule has 1 aromatic heterocycles. The molecule has 2 heterocycles.